The summed E-state index contributed by atoms with van der Waals surface area (Å²) in [5, 5.41) is 12.0. The molecule has 0 atom stereocenters. The number of aliphatic hydroxyl groups excluding tert-OH is 1. The second-order valence-electron chi connectivity index (χ2n) is 8.35. The smallest absolute Gasteiger partial charge is 0.217 e. The topological polar surface area (TPSA) is 42.2 Å². The van der Waals surface area contributed by atoms with Crippen LogP contribution in [-0.2, 0) is 6.54 Å². The van der Waals surface area contributed by atoms with E-state index in [4.69, 9.17) is 4.42 Å². The highest BCUT2D eigenvalue weighted by molar-refractivity contribution is 6.23. The summed E-state index contributed by atoms with van der Waals surface area (Å²) in [4.78, 5) is 0. The number of aliphatic hydroxyl groups is 1. The van der Waals surface area contributed by atoms with Gasteiger partial charge in [0.15, 0.2) is 6.54 Å². The van der Waals surface area contributed by atoms with Crippen LogP contribution in [0.5, 0.6) is 0 Å². The highest BCUT2D eigenvalue weighted by Crippen LogP contribution is 2.47. The van der Waals surface area contributed by atoms with Crippen molar-refractivity contribution in [2.45, 2.75) is 13.0 Å². The first-order valence-corrected chi connectivity index (χ1v) is 11.1. The Morgan fingerprint density at radius 3 is 2.25 bits per heavy atom. The summed E-state index contributed by atoms with van der Waals surface area (Å²) in [6.07, 6.45) is 0.702. The molecule has 32 heavy (non-hydrogen) atoms. The zero-order valence-electron chi connectivity index (χ0n) is 17.5. The normalized spacial score (nSPS) is 12.3. The maximum absolute atomic E-state index is 9.58. The van der Waals surface area contributed by atoms with Crippen LogP contribution in [0.1, 0.15) is 6.42 Å². The van der Waals surface area contributed by atoms with Gasteiger partial charge in [0.2, 0.25) is 11.0 Å². The van der Waals surface area contributed by atoms with Gasteiger partial charge >= 0.3 is 0 Å². The predicted molar refractivity (Wildman–Crippen MR) is 128 cm³/mol. The van der Waals surface area contributed by atoms with Gasteiger partial charge < -0.3 is 14.1 Å². The van der Waals surface area contributed by atoms with Gasteiger partial charge in [0, 0.05) is 36.4 Å². The molecule has 1 N–H and O–H groups in total. The highest BCUT2D eigenvalue weighted by atomic mass is 16.3. The second-order valence-corrected chi connectivity index (χ2v) is 8.35. The van der Waals surface area contributed by atoms with Crippen molar-refractivity contribution in [3.8, 4) is 16.8 Å². The van der Waals surface area contributed by atoms with Gasteiger partial charge in [0.05, 0.1) is 27.4 Å². The van der Waals surface area contributed by atoms with Gasteiger partial charge in [-0.2, -0.15) is 4.57 Å². The number of hydrogen-bond donors (Lipinski definition) is 1. The first-order chi connectivity index (χ1) is 15.9. The molecular weight excluding hydrogens is 396 g/mol. The minimum absolute atomic E-state index is 0.163. The number of para-hydroxylation sites is 1. The average Bonchev–Trinajstić information content (AvgIpc) is 2.84. The van der Waals surface area contributed by atoms with Crippen LogP contribution >= 0.6 is 0 Å². The summed E-state index contributed by atoms with van der Waals surface area (Å²) >= 11 is 0. The molecule has 0 unspecified atom stereocenters. The molecule has 0 radical (unpaired) electrons. The molecule has 0 spiro atoms. The Kier molecular flexibility index (Phi) is 3.64. The number of pyridine rings is 2. The highest BCUT2D eigenvalue weighted by Gasteiger charge is 2.31. The molecule has 0 saturated heterocycles. The number of aryl methyl sites for hydroxylation is 1. The molecule has 2 aliphatic heterocycles. The minimum atomic E-state index is 0.163. The Balaban J connectivity index is 1.82. The van der Waals surface area contributed by atoms with Crippen LogP contribution in [0.25, 0.3) is 60.8 Å². The summed E-state index contributed by atoms with van der Waals surface area (Å²) < 4.78 is 11.1. The number of hydrogen-bond acceptors (Lipinski definition) is 2. The van der Waals surface area contributed by atoms with Crippen molar-refractivity contribution in [3.63, 3.8) is 0 Å². The Bertz CT molecular complexity index is 1710. The monoisotopic (exact) mass is 417 g/mol. The Morgan fingerprint density at radius 1 is 0.688 bits per heavy atom. The van der Waals surface area contributed by atoms with E-state index in [0.717, 1.165) is 45.4 Å². The van der Waals surface area contributed by atoms with E-state index < -0.39 is 0 Å². The lowest BCUT2D eigenvalue weighted by atomic mass is 9.90. The van der Waals surface area contributed by atoms with Gasteiger partial charge in [-0.3, -0.25) is 0 Å². The van der Waals surface area contributed by atoms with E-state index in [9.17, 15) is 5.11 Å². The zero-order chi connectivity index (χ0) is 21.2. The Morgan fingerprint density at radius 2 is 1.41 bits per heavy atom. The molecule has 1 aromatic heterocycles. The molecule has 0 aliphatic carbocycles. The molecule has 0 bridgehead atoms. The van der Waals surface area contributed by atoms with Crippen molar-refractivity contribution in [1.29, 1.82) is 0 Å². The molecule has 3 heterocycles. The molecule has 4 aromatic carbocycles. The molecule has 0 fully saturated rings. The predicted octanol–water partition coefficient (Wildman–Crippen LogP) is 5.90. The SMILES string of the molecule is OCCC[n+]1c2cccc3oc4cccc5c4-c(c32)c2c(cccc21)n5-c1ccccc1. The summed E-state index contributed by atoms with van der Waals surface area (Å²) in [5.74, 6) is 0. The third kappa shape index (κ3) is 2.22. The van der Waals surface area contributed by atoms with Crippen LogP contribution in [0.4, 0.5) is 0 Å². The van der Waals surface area contributed by atoms with E-state index in [1.807, 2.05) is 6.07 Å². The molecule has 0 amide bonds. The lowest BCUT2D eigenvalue weighted by Gasteiger charge is -2.24. The van der Waals surface area contributed by atoms with Gasteiger partial charge in [-0.15, -0.1) is 0 Å². The van der Waals surface area contributed by atoms with Crippen molar-refractivity contribution < 1.29 is 14.1 Å². The molecule has 5 aromatic rings. The maximum atomic E-state index is 9.58. The van der Waals surface area contributed by atoms with Crippen molar-refractivity contribution in [1.82, 2.24) is 4.57 Å². The van der Waals surface area contributed by atoms with Gasteiger partial charge in [-0.25, -0.2) is 0 Å². The molecular formula is C28H21N2O2+. The maximum Gasteiger partial charge on any atom is 0.217 e. The van der Waals surface area contributed by atoms with E-state index >= 15 is 0 Å². The van der Waals surface area contributed by atoms with E-state index in [1.54, 1.807) is 0 Å². The Labute approximate surface area is 184 Å². The third-order valence-corrected chi connectivity index (χ3v) is 6.62. The van der Waals surface area contributed by atoms with Gasteiger partial charge in [0.25, 0.3) is 0 Å². The minimum Gasteiger partial charge on any atom is -0.456 e. The van der Waals surface area contributed by atoms with Crippen LogP contribution in [-0.4, -0.2) is 16.3 Å². The van der Waals surface area contributed by atoms with Crippen molar-refractivity contribution >= 4 is 44.0 Å². The van der Waals surface area contributed by atoms with Crippen LogP contribution in [0.2, 0.25) is 0 Å². The van der Waals surface area contributed by atoms with Crippen molar-refractivity contribution in [2.75, 3.05) is 6.61 Å². The third-order valence-electron chi connectivity index (χ3n) is 6.62. The number of rotatable bonds is 4. The standard InChI is InChI=1S/C28H21N2O2/c31-17-7-16-29-19-10-4-12-21-25(19)28-26-20(29)11-5-14-23(26)32-24-15-6-13-22(27(24)28)30(21)18-8-2-1-3-9-18/h1-6,8-15,31H,7,16-17H2/q+1. The lowest BCUT2D eigenvalue weighted by molar-refractivity contribution is -0.645. The molecule has 154 valence electrons. The summed E-state index contributed by atoms with van der Waals surface area (Å²) in [6.45, 7) is 0.910. The second kappa shape index (κ2) is 6.55. The van der Waals surface area contributed by atoms with Crippen LogP contribution < -0.4 is 4.57 Å². The van der Waals surface area contributed by atoms with E-state index in [0.29, 0.717) is 6.42 Å². The number of benzene rings is 4. The van der Waals surface area contributed by atoms with Crippen LogP contribution in [0, 0.1) is 0 Å². The largest absolute Gasteiger partial charge is 0.456 e. The van der Waals surface area contributed by atoms with Gasteiger partial charge in [0.1, 0.15) is 11.2 Å². The average molecular weight is 417 g/mol. The lowest BCUT2D eigenvalue weighted by Crippen LogP contribution is -2.36. The van der Waals surface area contributed by atoms with Crippen molar-refractivity contribution in [3.05, 3.63) is 84.9 Å². The first kappa shape index (κ1) is 17.8. The van der Waals surface area contributed by atoms with Gasteiger partial charge in [-0.05, 0) is 36.4 Å². The Hall–Kier alpha value is -3.89. The zero-order valence-corrected chi connectivity index (χ0v) is 17.5. The molecule has 7 rings (SSSR count). The van der Waals surface area contributed by atoms with E-state index in [2.05, 4.69) is 88.0 Å². The quantitative estimate of drug-likeness (QED) is 0.220. The fourth-order valence-corrected chi connectivity index (χ4v) is 5.40. The number of nitrogens with zero attached hydrogens (tertiary/aromatic N) is 2. The fraction of sp³-hybridized carbons (Fsp3) is 0.107. The van der Waals surface area contributed by atoms with Gasteiger partial charge in [-0.1, -0.05) is 36.4 Å². The van der Waals surface area contributed by atoms with Crippen LogP contribution in [0.15, 0.2) is 89.3 Å². The number of aromatic nitrogens is 2. The van der Waals surface area contributed by atoms with Crippen LogP contribution in [0.3, 0.4) is 0 Å². The molecule has 2 aliphatic rings. The van der Waals surface area contributed by atoms with E-state index in [1.165, 1.54) is 22.0 Å². The molecule has 4 nitrogen and oxygen atoms in total. The molecule has 0 saturated carbocycles. The van der Waals surface area contributed by atoms with Crippen molar-refractivity contribution in [2.24, 2.45) is 0 Å². The fourth-order valence-electron chi connectivity index (χ4n) is 5.40. The summed E-state index contributed by atoms with van der Waals surface area (Å²) in [6, 6.07) is 29.7. The first-order valence-electron chi connectivity index (χ1n) is 11.1. The summed E-state index contributed by atoms with van der Waals surface area (Å²) in [7, 11) is 0. The van der Waals surface area contributed by atoms with E-state index in [-0.39, 0.29) is 6.61 Å². The summed E-state index contributed by atoms with van der Waals surface area (Å²) in [5.41, 5.74) is 9.95. The molecule has 4 heteroatoms.